The van der Waals surface area contributed by atoms with Gasteiger partial charge in [-0.05, 0) is 41.1 Å². The maximum Gasteiger partial charge on any atom is 0.283 e. The Morgan fingerprint density at radius 1 is 1.42 bits per heavy atom. The largest absolute Gasteiger partial charge is 0.382 e. The molecule has 1 atom stereocenters. The minimum absolute atomic E-state index is 0.0421. The third kappa shape index (κ3) is 3.17. The van der Waals surface area contributed by atoms with Gasteiger partial charge in [0, 0.05) is 25.6 Å². The summed E-state index contributed by atoms with van der Waals surface area (Å²) in [6, 6.07) is 0. The maximum absolute atomic E-state index is 12.1. The van der Waals surface area contributed by atoms with Gasteiger partial charge in [-0.25, -0.2) is 4.68 Å². The van der Waals surface area contributed by atoms with E-state index < -0.39 is 0 Å². The number of hydrogen-bond acceptors (Lipinski definition) is 4. The fourth-order valence-electron chi connectivity index (χ4n) is 2.26. The van der Waals surface area contributed by atoms with Crippen molar-refractivity contribution in [2.45, 2.75) is 25.8 Å². The molecule has 0 amide bonds. The van der Waals surface area contributed by atoms with Crippen molar-refractivity contribution in [3.8, 4) is 0 Å². The van der Waals surface area contributed by atoms with Crippen molar-refractivity contribution in [3.05, 3.63) is 21.0 Å². The molecule has 2 fully saturated rings. The van der Waals surface area contributed by atoms with E-state index in [1.54, 1.807) is 10.9 Å². The summed E-state index contributed by atoms with van der Waals surface area (Å²) in [7, 11) is 0. The first-order valence-corrected chi connectivity index (χ1v) is 7.60. The number of ether oxygens (including phenoxy) is 1. The summed E-state index contributed by atoms with van der Waals surface area (Å²) in [5.74, 6) is 1.17. The van der Waals surface area contributed by atoms with Crippen LogP contribution in [0.1, 0.15) is 19.3 Å². The van der Waals surface area contributed by atoms with Gasteiger partial charge in [0.05, 0.1) is 18.5 Å². The van der Waals surface area contributed by atoms with Gasteiger partial charge in [0.15, 0.2) is 0 Å². The Morgan fingerprint density at radius 2 is 2.26 bits per heavy atom. The number of aromatic nitrogens is 2. The van der Waals surface area contributed by atoms with Crippen molar-refractivity contribution >= 4 is 21.6 Å². The Labute approximate surface area is 120 Å². The first-order chi connectivity index (χ1) is 9.24. The second-order valence-corrected chi connectivity index (χ2v) is 6.21. The number of rotatable bonds is 5. The predicted molar refractivity (Wildman–Crippen MR) is 76.3 cm³/mol. The average Bonchev–Trinajstić information content (AvgIpc) is 3.07. The van der Waals surface area contributed by atoms with Gasteiger partial charge in [0.25, 0.3) is 5.56 Å². The fourth-order valence-corrected chi connectivity index (χ4v) is 2.71. The molecule has 5 nitrogen and oxygen atoms in total. The van der Waals surface area contributed by atoms with Crippen LogP contribution in [0, 0.1) is 11.8 Å². The van der Waals surface area contributed by atoms with E-state index in [0.29, 0.717) is 16.3 Å². The smallest absolute Gasteiger partial charge is 0.283 e. The molecule has 19 heavy (non-hydrogen) atoms. The molecule has 1 saturated heterocycles. The number of nitrogens with zero attached hydrogens (tertiary/aromatic N) is 2. The lowest BCUT2D eigenvalue weighted by Crippen LogP contribution is -2.26. The lowest BCUT2D eigenvalue weighted by Gasteiger charge is -2.12. The zero-order chi connectivity index (χ0) is 13.2. The van der Waals surface area contributed by atoms with Crippen LogP contribution in [-0.2, 0) is 11.3 Å². The molecule has 2 heterocycles. The van der Waals surface area contributed by atoms with Crippen LogP contribution in [0.4, 0.5) is 5.69 Å². The van der Waals surface area contributed by atoms with Crippen LogP contribution in [-0.4, -0.2) is 29.5 Å². The molecule has 1 aromatic heterocycles. The SMILES string of the molecule is O=c1c(Br)c(NCC2CCOC2)cnn1CC1CC1. The third-order valence-electron chi connectivity index (χ3n) is 3.72. The second kappa shape index (κ2) is 5.63. The molecule has 1 unspecified atom stereocenters. The highest BCUT2D eigenvalue weighted by Crippen LogP contribution is 2.30. The van der Waals surface area contributed by atoms with E-state index in [-0.39, 0.29) is 5.56 Å². The van der Waals surface area contributed by atoms with E-state index in [4.69, 9.17) is 4.74 Å². The zero-order valence-electron chi connectivity index (χ0n) is 10.8. The average molecular weight is 328 g/mol. The van der Waals surface area contributed by atoms with Crippen LogP contribution in [0.3, 0.4) is 0 Å². The lowest BCUT2D eigenvalue weighted by molar-refractivity contribution is 0.187. The van der Waals surface area contributed by atoms with Crippen LogP contribution < -0.4 is 10.9 Å². The molecule has 1 aromatic rings. The second-order valence-electron chi connectivity index (χ2n) is 5.41. The number of hydrogen-bond donors (Lipinski definition) is 1. The summed E-state index contributed by atoms with van der Waals surface area (Å²) < 4.78 is 7.48. The van der Waals surface area contributed by atoms with E-state index in [1.165, 1.54) is 12.8 Å². The zero-order valence-corrected chi connectivity index (χ0v) is 12.4. The van der Waals surface area contributed by atoms with Gasteiger partial charge < -0.3 is 10.1 Å². The summed E-state index contributed by atoms with van der Waals surface area (Å²) in [6.45, 7) is 3.21. The summed E-state index contributed by atoms with van der Waals surface area (Å²) in [6.07, 6.45) is 5.25. The molecule has 0 radical (unpaired) electrons. The lowest BCUT2D eigenvalue weighted by atomic mass is 10.1. The Morgan fingerprint density at radius 3 is 2.95 bits per heavy atom. The van der Waals surface area contributed by atoms with E-state index in [9.17, 15) is 4.79 Å². The molecule has 6 heteroatoms. The summed E-state index contributed by atoms with van der Waals surface area (Å²) in [4.78, 5) is 12.1. The minimum atomic E-state index is -0.0421. The van der Waals surface area contributed by atoms with Crippen LogP contribution in [0.25, 0.3) is 0 Å². The van der Waals surface area contributed by atoms with Gasteiger partial charge in [-0.15, -0.1) is 0 Å². The molecule has 3 rings (SSSR count). The normalized spacial score (nSPS) is 22.7. The van der Waals surface area contributed by atoms with Crippen LogP contribution in [0.15, 0.2) is 15.5 Å². The van der Waals surface area contributed by atoms with E-state index in [1.807, 2.05) is 0 Å². The van der Waals surface area contributed by atoms with Crippen molar-refractivity contribution in [2.24, 2.45) is 11.8 Å². The van der Waals surface area contributed by atoms with Crippen molar-refractivity contribution in [2.75, 3.05) is 25.1 Å². The Bertz CT molecular complexity index is 507. The standard InChI is InChI=1S/C13H18BrN3O2/c14-12-11(15-5-10-3-4-19-8-10)6-16-17(13(12)18)7-9-1-2-9/h6,9-10,15H,1-5,7-8H2. The first kappa shape index (κ1) is 13.1. The number of halogens is 1. The number of anilines is 1. The Hall–Kier alpha value is -0.880. The van der Waals surface area contributed by atoms with E-state index in [2.05, 4.69) is 26.3 Å². The monoisotopic (exact) mass is 327 g/mol. The van der Waals surface area contributed by atoms with Gasteiger partial charge in [0.1, 0.15) is 4.47 Å². The molecule has 0 spiro atoms. The van der Waals surface area contributed by atoms with E-state index in [0.717, 1.165) is 38.4 Å². The van der Waals surface area contributed by atoms with Gasteiger partial charge in [0.2, 0.25) is 0 Å². The molecule has 1 saturated carbocycles. The van der Waals surface area contributed by atoms with Crippen molar-refractivity contribution in [1.82, 2.24) is 9.78 Å². The number of nitrogens with one attached hydrogen (secondary N) is 1. The highest BCUT2D eigenvalue weighted by Gasteiger charge is 2.23. The third-order valence-corrected chi connectivity index (χ3v) is 4.48. The van der Waals surface area contributed by atoms with Gasteiger partial charge >= 0.3 is 0 Å². The summed E-state index contributed by atoms with van der Waals surface area (Å²) >= 11 is 3.38. The molecule has 104 valence electrons. The molecule has 0 bridgehead atoms. The van der Waals surface area contributed by atoms with Crippen LogP contribution in [0.2, 0.25) is 0 Å². The van der Waals surface area contributed by atoms with E-state index >= 15 is 0 Å². The van der Waals surface area contributed by atoms with Crippen LogP contribution in [0.5, 0.6) is 0 Å². The summed E-state index contributed by atoms with van der Waals surface area (Å²) in [5, 5.41) is 7.53. The molecular formula is C13H18BrN3O2. The first-order valence-electron chi connectivity index (χ1n) is 6.81. The topological polar surface area (TPSA) is 56.1 Å². The highest BCUT2D eigenvalue weighted by atomic mass is 79.9. The van der Waals surface area contributed by atoms with Crippen molar-refractivity contribution in [3.63, 3.8) is 0 Å². The quantitative estimate of drug-likeness (QED) is 0.896. The van der Waals surface area contributed by atoms with Gasteiger partial charge in [-0.1, -0.05) is 0 Å². The van der Waals surface area contributed by atoms with Gasteiger partial charge in [-0.2, -0.15) is 5.10 Å². The maximum atomic E-state index is 12.1. The van der Waals surface area contributed by atoms with Crippen molar-refractivity contribution < 1.29 is 4.74 Å². The molecule has 1 N–H and O–H groups in total. The molecule has 1 aliphatic heterocycles. The minimum Gasteiger partial charge on any atom is -0.382 e. The van der Waals surface area contributed by atoms with Gasteiger partial charge in [-0.3, -0.25) is 4.79 Å². The highest BCUT2D eigenvalue weighted by molar-refractivity contribution is 9.10. The Balaban J connectivity index is 1.67. The molecule has 2 aliphatic rings. The molecule has 0 aromatic carbocycles. The van der Waals surface area contributed by atoms with Crippen LogP contribution >= 0.6 is 15.9 Å². The van der Waals surface area contributed by atoms with Crippen molar-refractivity contribution in [1.29, 1.82) is 0 Å². The Kier molecular flexibility index (Phi) is 3.88. The molecular weight excluding hydrogens is 310 g/mol. The molecule has 1 aliphatic carbocycles. The summed E-state index contributed by atoms with van der Waals surface area (Å²) in [5.41, 5.74) is 0.739. The fraction of sp³-hybridized carbons (Fsp3) is 0.692. The predicted octanol–water partition coefficient (Wildman–Crippen LogP) is 1.86.